The molecule has 0 fully saturated rings. The van der Waals surface area contributed by atoms with E-state index in [9.17, 15) is 0 Å². The van der Waals surface area contributed by atoms with Gasteiger partial charge in [-0.3, -0.25) is 0 Å². The zero-order chi connectivity index (χ0) is 25.8. The van der Waals surface area contributed by atoms with Crippen LogP contribution in [0.5, 0.6) is 0 Å². The first-order valence-corrected chi connectivity index (χ1v) is 13.8. The summed E-state index contributed by atoms with van der Waals surface area (Å²) < 4.78 is 0. The van der Waals surface area contributed by atoms with Crippen molar-refractivity contribution in [3.8, 4) is 0 Å². The lowest BCUT2D eigenvalue weighted by Crippen LogP contribution is -2.27. The van der Waals surface area contributed by atoms with Gasteiger partial charge in [0, 0.05) is 0 Å². The summed E-state index contributed by atoms with van der Waals surface area (Å²) in [5.74, 6) is 0. The highest BCUT2D eigenvalue weighted by Gasteiger charge is 2.52. The highest BCUT2D eigenvalue weighted by molar-refractivity contribution is 6.00. The molecular weight excluding hydrogens is 420 g/mol. The van der Waals surface area contributed by atoms with Gasteiger partial charge in [0.05, 0.1) is 5.41 Å². The van der Waals surface area contributed by atoms with E-state index in [1.807, 2.05) is 55.4 Å². The minimum absolute atomic E-state index is 0.200. The molecule has 0 saturated heterocycles. The maximum absolute atomic E-state index is 2.38. The lowest BCUT2D eigenvalue weighted by atomic mass is 9.68. The lowest BCUT2D eigenvalue weighted by Gasteiger charge is -2.32. The maximum atomic E-state index is 2.38. The number of fused-ring (bicyclic) bond motifs is 8. The van der Waals surface area contributed by atoms with Crippen LogP contribution in [0.15, 0.2) is 108 Å². The standard InChI is InChI=1S/C27H20.4C2H6/c1-3-11-19-21-13-7-9-17-25(21)27(23(19)15-5-1)24-16-6-2-4-12-20(24)22-14-8-10-18-26(22)27;4*1-2/h3-18H,1-2H2;4*1-2H3. The molecule has 0 saturated carbocycles. The van der Waals surface area contributed by atoms with Gasteiger partial charge in [0.1, 0.15) is 0 Å². The van der Waals surface area contributed by atoms with E-state index in [0.29, 0.717) is 0 Å². The van der Waals surface area contributed by atoms with Crippen molar-refractivity contribution >= 4 is 11.1 Å². The summed E-state index contributed by atoms with van der Waals surface area (Å²) in [7, 11) is 0. The first kappa shape index (κ1) is 28.1. The number of hydrogen-bond donors (Lipinski definition) is 0. The van der Waals surface area contributed by atoms with Crippen LogP contribution >= 0.6 is 0 Å². The fourth-order valence-corrected chi connectivity index (χ4v) is 5.34. The molecule has 1 spiro atoms. The van der Waals surface area contributed by atoms with Crippen LogP contribution in [0.2, 0.25) is 0 Å². The summed E-state index contributed by atoms with van der Waals surface area (Å²) in [5, 5.41) is 0. The Morgan fingerprint density at radius 1 is 0.457 bits per heavy atom. The lowest BCUT2D eigenvalue weighted by molar-refractivity contribution is 0.778. The van der Waals surface area contributed by atoms with E-state index in [4.69, 9.17) is 0 Å². The Hall–Kier alpha value is -3.12. The van der Waals surface area contributed by atoms with Crippen LogP contribution in [0.25, 0.3) is 11.1 Å². The van der Waals surface area contributed by atoms with Crippen LogP contribution in [0, 0.1) is 0 Å². The Labute approximate surface area is 215 Å². The van der Waals surface area contributed by atoms with E-state index in [-0.39, 0.29) is 5.41 Å². The zero-order valence-electron chi connectivity index (χ0n) is 23.2. The largest absolute Gasteiger partial charge is 0.0804 e. The SMILES string of the molecule is C1=CC2=C(C=CC1)C1(C3=C(C=CCC=C3)c3ccccc31)c1ccccc12.CC.CC.CC.CC. The van der Waals surface area contributed by atoms with E-state index in [1.54, 1.807) is 0 Å². The van der Waals surface area contributed by atoms with Gasteiger partial charge >= 0.3 is 0 Å². The molecule has 2 aromatic rings. The van der Waals surface area contributed by atoms with Gasteiger partial charge in [-0.15, -0.1) is 0 Å². The zero-order valence-corrected chi connectivity index (χ0v) is 23.2. The topological polar surface area (TPSA) is 0 Å². The van der Waals surface area contributed by atoms with E-state index in [2.05, 4.69) is 97.1 Å². The molecule has 0 aliphatic heterocycles. The Bertz CT molecular complexity index is 1060. The van der Waals surface area contributed by atoms with Crippen LogP contribution < -0.4 is 0 Å². The fourth-order valence-electron chi connectivity index (χ4n) is 5.34. The molecule has 0 unspecified atom stereocenters. The number of allylic oxidation sites excluding steroid dienone is 12. The van der Waals surface area contributed by atoms with Crippen LogP contribution in [0.3, 0.4) is 0 Å². The second-order valence-electron chi connectivity index (χ2n) is 7.58. The average molecular weight is 465 g/mol. The molecule has 2 aromatic carbocycles. The van der Waals surface area contributed by atoms with Crippen molar-refractivity contribution in [1.82, 2.24) is 0 Å². The molecule has 0 radical (unpaired) electrons. The van der Waals surface area contributed by atoms with Crippen molar-refractivity contribution in [2.24, 2.45) is 0 Å². The maximum Gasteiger partial charge on any atom is 0.0725 e. The number of rotatable bonds is 0. The predicted octanol–water partition coefficient (Wildman–Crippen LogP) is 10.6. The summed E-state index contributed by atoms with van der Waals surface area (Å²) in [5.41, 5.74) is 11.0. The number of benzene rings is 2. The normalized spacial score (nSPS) is 16.5. The fraction of sp³-hybridized carbons (Fsp3) is 0.314. The third kappa shape index (κ3) is 4.59. The molecule has 4 aliphatic rings. The second kappa shape index (κ2) is 13.7. The molecule has 0 aromatic heterocycles. The smallest absolute Gasteiger partial charge is 0.0725 e. The Balaban J connectivity index is 0.000000495. The first-order valence-electron chi connectivity index (χ1n) is 13.8. The van der Waals surface area contributed by atoms with Crippen LogP contribution in [-0.4, -0.2) is 0 Å². The molecule has 0 N–H and O–H groups in total. The summed E-state index contributed by atoms with van der Waals surface area (Å²) >= 11 is 0. The van der Waals surface area contributed by atoms with Crippen molar-refractivity contribution in [2.75, 3.05) is 0 Å². The monoisotopic (exact) mass is 464 g/mol. The van der Waals surface area contributed by atoms with Gasteiger partial charge in [-0.05, 0) is 57.4 Å². The molecule has 184 valence electrons. The Morgan fingerprint density at radius 3 is 1.20 bits per heavy atom. The van der Waals surface area contributed by atoms with Crippen LogP contribution in [0.4, 0.5) is 0 Å². The van der Waals surface area contributed by atoms with Crippen LogP contribution in [-0.2, 0) is 5.41 Å². The van der Waals surface area contributed by atoms with E-state index < -0.39 is 0 Å². The molecule has 0 heteroatoms. The summed E-state index contributed by atoms with van der Waals surface area (Å²) in [6.07, 6.45) is 20.6. The average Bonchev–Trinajstić information content (AvgIpc) is 3.15. The minimum atomic E-state index is -0.200. The molecule has 0 bridgehead atoms. The molecule has 35 heavy (non-hydrogen) atoms. The number of hydrogen-bond acceptors (Lipinski definition) is 0. The van der Waals surface area contributed by atoms with Crippen molar-refractivity contribution in [3.05, 3.63) is 131 Å². The predicted molar refractivity (Wildman–Crippen MR) is 159 cm³/mol. The van der Waals surface area contributed by atoms with Crippen molar-refractivity contribution in [2.45, 2.75) is 73.6 Å². The van der Waals surface area contributed by atoms with Crippen molar-refractivity contribution in [3.63, 3.8) is 0 Å². The van der Waals surface area contributed by atoms with Gasteiger partial charge in [-0.1, -0.05) is 153 Å². The van der Waals surface area contributed by atoms with E-state index in [1.165, 1.54) is 44.5 Å². The van der Waals surface area contributed by atoms with Crippen LogP contribution in [0.1, 0.15) is 90.5 Å². The molecule has 6 rings (SSSR count). The molecule has 4 aliphatic carbocycles. The van der Waals surface area contributed by atoms with Gasteiger partial charge in [0.2, 0.25) is 0 Å². The molecule has 0 atom stereocenters. The van der Waals surface area contributed by atoms with Crippen molar-refractivity contribution < 1.29 is 0 Å². The van der Waals surface area contributed by atoms with E-state index in [0.717, 1.165) is 12.8 Å². The molecule has 0 heterocycles. The summed E-state index contributed by atoms with van der Waals surface area (Å²) in [4.78, 5) is 0. The molecular formula is C35H44. The summed E-state index contributed by atoms with van der Waals surface area (Å²) in [6, 6.07) is 18.0. The highest BCUT2D eigenvalue weighted by Crippen LogP contribution is 2.62. The highest BCUT2D eigenvalue weighted by atomic mass is 14.5. The van der Waals surface area contributed by atoms with Gasteiger partial charge in [-0.25, -0.2) is 0 Å². The van der Waals surface area contributed by atoms with Gasteiger partial charge in [-0.2, -0.15) is 0 Å². The quantitative estimate of drug-likeness (QED) is 0.363. The second-order valence-corrected chi connectivity index (χ2v) is 7.58. The minimum Gasteiger partial charge on any atom is -0.0804 e. The Morgan fingerprint density at radius 2 is 0.800 bits per heavy atom. The Kier molecular flexibility index (Phi) is 11.0. The van der Waals surface area contributed by atoms with Crippen molar-refractivity contribution in [1.29, 1.82) is 0 Å². The molecule has 0 amide bonds. The molecule has 0 nitrogen and oxygen atoms in total. The summed E-state index contributed by atoms with van der Waals surface area (Å²) in [6.45, 7) is 16.0. The van der Waals surface area contributed by atoms with E-state index >= 15 is 0 Å². The third-order valence-electron chi connectivity index (χ3n) is 6.31. The first-order chi connectivity index (χ1) is 17.4. The third-order valence-corrected chi connectivity index (χ3v) is 6.31. The van der Waals surface area contributed by atoms with Gasteiger partial charge < -0.3 is 0 Å². The van der Waals surface area contributed by atoms with Gasteiger partial charge in [0.25, 0.3) is 0 Å². The van der Waals surface area contributed by atoms with Gasteiger partial charge in [0.15, 0.2) is 0 Å².